The predicted octanol–water partition coefficient (Wildman–Crippen LogP) is 1.66. The summed E-state index contributed by atoms with van der Waals surface area (Å²) in [6.45, 7) is 0.635. The van der Waals surface area contributed by atoms with E-state index in [1.54, 1.807) is 23.1 Å². The second kappa shape index (κ2) is 8.38. The molecule has 0 bridgehead atoms. The van der Waals surface area contributed by atoms with Crippen LogP contribution < -0.4 is 10.6 Å². The van der Waals surface area contributed by atoms with Crippen LogP contribution in [0.15, 0.2) is 16.8 Å². The van der Waals surface area contributed by atoms with Crippen molar-refractivity contribution in [2.45, 2.75) is 19.0 Å². The van der Waals surface area contributed by atoms with Gasteiger partial charge >= 0.3 is 6.03 Å². The summed E-state index contributed by atoms with van der Waals surface area (Å²) < 4.78 is 0. The third kappa shape index (κ3) is 5.95. The molecule has 2 amide bonds. The minimum Gasteiger partial charge on any atom is -0.396 e. The fourth-order valence-electron chi connectivity index (χ4n) is 1.37. The van der Waals surface area contributed by atoms with E-state index in [2.05, 4.69) is 10.6 Å². The van der Waals surface area contributed by atoms with Crippen LogP contribution in [-0.4, -0.2) is 35.8 Å². The van der Waals surface area contributed by atoms with E-state index < -0.39 is 0 Å². The first kappa shape index (κ1) is 14.3. The summed E-state index contributed by atoms with van der Waals surface area (Å²) in [7, 11) is 0. The van der Waals surface area contributed by atoms with Crippen molar-refractivity contribution in [2.24, 2.45) is 0 Å². The number of hydrogen-bond donors (Lipinski definition) is 3. The monoisotopic (exact) mass is 274 g/mol. The number of carbonyl (C=O) groups is 1. The quantitative estimate of drug-likeness (QED) is 0.708. The van der Waals surface area contributed by atoms with Gasteiger partial charge in [-0.15, -0.1) is 0 Å². The molecular weight excluding hydrogens is 256 g/mol. The molecule has 4 nitrogen and oxygen atoms in total. The molecule has 0 aromatic carbocycles. The highest BCUT2D eigenvalue weighted by Crippen LogP contribution is 2.05. The third-order valence-electron chi connectivity index (χ3n) is 2.21. The number of rotatable bonds is 7. The number of carbonyl (C=O) groups excluding carboxylic acids is 1. The van der Waals surface area contributed by atoms with Crippen LogP contribution in [0.1, 0.15) is 12.0 Å². The van der Waals surface area contributed by atoms with Gasteiger partial charge in [-0.05, 0) is 35.1 Å². The van der Waals surface area contributed by atoms with Gasteiger partial charge in [0.2, 0.25) is 0 Å². The minimum atomic E-state index is -0.177. The van der Waals surface area contributed by atoms with E-state index in [4.69, 9.17) is 5.11 Å². The number of aliphatic hydroxyl groups excluding tert-OH is 1. The average Bonchev–Trinajstić information content (AvgIpc) is 2.80. The van der Waals surface area contributed by atoms with Crippen LogP contribution in [-0.2, 0) is 6.54 Å². The van der Waals surface area contributed by atoms with Gasteiger partial charge < -0.3 is 15.7 Å². The van der Waals surface area contributed by atoms with Gasteiger partial charge in [-0.1, -0.05) is 0 Å². The topological polar surface area (TPSA) is 61.4 Å². The van der Waals surface area contributed by atoms with E-state index in [1.807, 2.05) is 23.1 Å². The molecular formula is C11H18N2O2S2. The summed E-state index contributed by atoms with van der Waals surface area (Å²) in [4.78, 5) is 11.6. The van der Waals surface area contributed by atoms with Crippen LogP contribution in [0.5, 0.6) is 0 Å². The van der Waals surface area contributed by atoms with Crippen molar-refractivity contribution in [3.8, 4) is 0 Å². The van der Waals surface area contributed by atoms with E-state index in [-0.39, 0.29) is 18.7 Å². The van der Waals surface area contributed by atoms with Gasteiger partial charge in [0.25, 0.3) is 0 Å². The number of thioether (sulfide) groups is 1. The lowest BCUT2D eigenvalue weighted by Gasteiger charge is -2.16. The van der Waals surface area contributed by atoms with Gasteiger partial charge in [0.1, 0.15) is 0 Å². The second-order valence-corrected chi connectivity index (χ2v) is 5.31. The maximum atomic E-state index is 11.6. The van der Waals surface area contributed by atoms with E-state index in [0.29, 0.717) is 13.0 Å². The van der Waals surface area contributed by atoms with Crippen LogP contribution in [0, 0.1) is 0 Å². The SMILES string of the molecule is CSCC(CCO)NC(=O)NCc1ccsc1. The molecule has 1 aromatic heterocycles. The summed E-state index contributed by atoms with van der Waals surface area (Å²) in [5.41, 5.74) is 1.11. The fraction of sp³-hybridized carbons (Fsp3) is 0.545. The molecule has 1 unspecified atom stereocenters. The van der Waals surface area contributed by atoms with Gasteiger partial charge in [-0.25, -0.2) is 4.79 Å². The zero-order chi connectivity index (χ0) is 12.5. The molecule has 6 heteroatoms. The molecule has 96 valence electrons. The summed E-state index contributed by atoms with van der Waals surface area (Å²) in [6, 6.07) is 1.83. The Morgan fingerprint density at radius 2 is 2.47 bits per heavy atom. The second-order valence-electron chi connectivity index (χ2n) is 3.62. The first-order chi connectivity index (χ1) is 8.26. The number of nitrogens with one attached hydrogen (secondary N) is 2. The van der Waals surface area contributed by atoms with E-state index >= 15 is 0 Å². The van der Waals surface area contributed by atoms with Crippen LogP contribution in [0.25, 0.3) is 0 Å². The molecule has 0 radical (unpaired) electrons. The molecule has 0 saturated heterocycles. The molecule has 0 aliphatic carbocycles. The lowest BCUT2D eigenvalue weighted by atomic mass is 10.2. The summed E-state index contributed by atoms with van der Waals surface area (Å²) in [6.07, 6.45) is 2.57. The Kier molecular flexibility index (Phi) is 7.07. The van der Waals surface area contributed by atoms with Crippen LogP contribution >= 0.6 is 23.1 Å². The highest BCUT2D eigenvalue weighted by Gasteiger charge is 2.10. The first-order valence-electron chi connectivity index (χ1n) is 5.41. The average molecular weight is 274 g/mol. The molecule has 0 fully saturated rings. The van der Waals surface area contributed by atoms with Crippen LogP contribution in [0.2, 0.25) is 0 Å². The van der Waals surface area contributed by atoms with Gasteiger partial charge in [0, 0.05) is 24.9 Å². The normalized spacial score (nSPS) is 12.1. The molecule has 1 heterocycles. The lowest BCUT2D eigenvalue weighted by Crippen LogP contribution is -2.43. The molecule has 1 rings (SSSR count). The standard InChI is InChI=1S/C11H18N2O2S2/c1-16-8-10(2-4-14)13-11(15)12-6-9-3-5-17-7-9/h3,5,7,10,14H,2,4,6,8H2,1H3,(H2,12,13,15). The zero-order valence-electron chi connectivity index (χ0n) is 9.81. The Labute approximate surface area is 110 Å². The summed E-state index contributed by atoms with van der Waals surface area (Å²) in [5.74, 6) is 0.812. The van der Waals surface area contributed by atoms with Crippen molar-refractivity contribution in [3.63, 3.8) is 0 Å². The van der Waals surface area contributed by atoms with Gasteiger partial charge in [0.05, 0.1) is 0 Å². The van der Waals surface area contributed by atoms with Gasteiger partial charge in [-0.3, -0.25) is 0 Å². The zero-order valence-corrected chi connectivity index (χ0v) is 11.4. The van der Waals surface area contributed by atoms with Gasteiger partial charge in [-0.2, -0.15) is 23.1 Å². The molecule has 0 spiro atoms. The van der Waals surface area contributed by atoms with Crippen molar-refractivity contribution in [1.29, 1.82) is 0 Å². The molecule has 3 N–H and O–H groups in total. The predicted molar refractivity (Wildman–Crippen MR) is 73.6 cm³/mol. The Morgan fingerprint density at radius 3 is 3.06 bits per heavy atom. The van der Waals surface area contributed by atoms with Crippen molar-refractivity contribution >= 4 is 29.1 Å². The smallest absolute Gasteiger partial charge is 0.315 e. The highest BCUT2D eigenvalue weighted by atomic mass is 32.2. The molecule has 0 aliphatic rings. The van der Waals surface area contributed by atoms with Crippen molar-refractivity contribution in [2.75, 3.05) is 18.6 Å². The molecule has 1 aromatic rings. The van der Waals surface area contributed by atoms with E-state index in [0.717, 1.165) is 11.3 Å². The number of urea groups is 1. The number of thiophene rings is 1. The van der Waals surface area contributed by atoms with E-state index in [9.17, 15) is 4.79 Å². The Bertz CT molecular complexity index is 311. The van der Waals surface area contributed by atoms with Crippen LogP contribution in [0.3, 0.4) is 0 Å². The van der Waals surface area contributed by atoms with Crippen LogP contribution in [0.4, 0.5) is 4.79 Å². The van der Waals surface area contributed by atoms with Crippen molar-refractivity contribution in [1.82, 2.24) is 10.6 Å². The number of amides is 2. The minimum absolute atomic E-state index is 0.0254. The Hall–Kier alpha value is -0.720. The molecule has 17 heavy (non-hydrogen) atoms. The molecule has 0 saturated carbocycles. The molecule has 0 aliphatic heterocycles. The van der Waals surface area contributed by atoms with Gasteiger partial charge in [0.15, 0.2) is 0 Å². The number of aliphatic hydroxyl groups is 1. The number of hydrogen-bond acceptors (Lipinski definition) is 4. The molecule has 1 atom stereocenters. The van der Waals surface area contributed by atoms with Crippen molar-refractivity contribution < 1.29 is 9.90 Å². The third-order valence-corrected chi connectivity index (χ3v) is 3.68. The Morgan fingerprint density at radius 1 is 1.65 bits per heavy atom. The lowest BCUT2D eigenvalue weighted by molar-refractivity contribution is 0.231. The fourth-order valence-corrected chi connectivity index (χ4v) is 2.69. The maximum absolute atomic E-state index is 11.6. The summed E-state index contributed by atoms with van der Waals surface area (Å²) in [5, 5.41) is 18.5. The van der Waals surface area contributed by atoms with E-state index in [1.165, 1.54) is 0 Å². The Balaban J connectivity index is 2.26. The summed E-state index contributed by atoms with van der Waals surface area (Å²) >= 11 is 3.27. The maximum Gasteiger partial charge on any atom is 0.315 e. The highest BCUT2D eigenvalue weighted by molar-refractivity contribution is 7.98. The van der Waals surface area contributed by atoms with Crippen molar-refractivity contribution in [3.05, 3.63) is 22.4 Å². The largest absolute Gasteiger partial charge is 0.396 e. The first-order valence-corrected chi connectivity index (χ1v) is 7.75.